The first-order valence-corrected chi connectivity index (χ1v) is 6.19. The fourth-order valence-electron chi connectivity index (χ4n) is 2.84. The molecule has 0 saturated carbocycles. The summed E-state index contributed by atoms with van der Waals surface area (Å²) < 4.78 is 0. The standard InChI is InChI=1S/C16H16N2/c1-12-8-13(2)16(10-17,11-18)15(9-12)14-6-4-3-5-7-14/h3-7,9,13,15H,8H2,1-2H3/t13-,15+/m1/s1. The van der Waals surface area contributed by atoms with E-state index in [-0.39, 0.29) is 11.8 Å². The van der Waals surface area contributed by atoms with Crippen LogP contribution in [0.2, 0.25) is 0 Å². The van der Waals surface area contributed by atoms with Crippen molar-refractivity contribution in [1.29, 1.82) is 10.5 Å². The van der Waals surface area contributed by atoms with E-state index in [0.29, 0.717) is 0 Å². The molecule has 1 aliphatic rings. The molecule has 2 nitrogen and oxygen atoms in total. The van der Waals surface area contributed by atoms with Crippen LogP contribution in [-0.4, -0.2) is 0 Å². The number of benzene rings is 1. The van der Waals surface area contributed by atoms with Crippen molar-refractivity contribution in [1.82, 2.24) is 0 Å². The van der Waals surface area contributed by atoms with Gasteiger partial charge in [0.25, 0.3) is 0 Å². The summed E-state index contributed by atoms with van der Waals surface area (Å²) in [6.45, 7) is 4.07. The molecule has 0 heterocycles. The molecule has 0 spiro atoms. The van der Waals surface area contributed by atoms with Crippen LogP contribution in [0.3, 0.4) is 0 Å². The molecule has 90 valence electrons. The molecular formula is C16H16N2. The van der Waals surface area contributed by atoms with Gasteiger partial charge in [0.15, 0.2) is 5.41 Å². The fraction of sp³-hybridized carbons (Fsp3) is 0.375. The van der Waals surface area contributed by atoms with Crippen LogP contribution in [-0.2, 0) is 0 Å². The second-order valence-electron chi connectivity index (χ2n) is 5.10. The van der Waals surface area contributed by atoms with E-state index in [0.717, 1.165) is 12.0 Å². The number of rotatable bonds is 1. The van der Waals surface area contributed by atoms with Gasteiger partial charge in [0, 0.05) is 5.92 Å². The van der Waals surface area contributed by atoms with Crippen LogP contribution in [0.5, 0.6) is 0 Å². The van der Waals surface area contributed by atoms with E-state index < -0.39 is 5.41 Å². The normalized spacial score (nSPS) is 25.7. The molecule has 0 aliphatic heterocycles. The third-order valence-corrected chi connectivity index (χ3v) is 3.88. The highest BCUT2D eigenvalue weighted by atomic mass is 14.5. The Labute approximate surface area is 108 Å². The lowest BCUT2D eigenvalue weighted by atomic mass is 9.61. The number of allylic oxidation sites excluding steroid dienone is 2. The van der Waals surface area contributed by atoms with Crippen LogP contribution in [0, 0.1) is 34.0 Å². The molecule has 1 aromatic rings. The fourth-order valence-corrected chi connectivity index (χ4v) is 2.84. The van der Waals surface area contributed by atoms with Gasteiger partial charge in [-0.2, -0.15) is 10.5 Å². The Bertz CT molecular complexity index is 529. The highest BCUT2D eigenvalue weighted by molar-refractivity contribution is 5.39. The van der Waals surface area contributed by atoms with Gasteiger partial charge in [0.05, 0.1) is 12.1 Å². The van der Waals surface area contributed by atoms with E-state index in [1.165, 1.54) is 5.57 Å². The van der Waals surface area contributed by atoms with Crippen LogP contribution in [0.15, 0.2) is 42.0 Å². The lowest BCUT2D eigenvalue weighted by Crippen LogP contribution is -2.35. The lowest BCUT2D eigenvalue weighted by Gasteiger charge is -2.37. The third kappa shape index (κ3) is 1.81. The van der Waals surface area contributed by atoms with Gasteiger partial charge in [-0.3, -0.25) is 0 Å². The van der Waals surface area contributed by atoms with E-state index in [9.17, 15) is 10.5 Å². The summed E-state index contributed by atoms with van der Waals surface area (Å²) in [6, 6.07) is 14.4. The van der Waals surface area contributed by atoms with E-state index in [4.69, 9.17) is 0 Å². The zero-order valence-corrected chi connectivity index (χ0v) is 10.7. The Kier molecular flexibility index (Phi) is 3.21. The van der Waals surface area contributed by atoms with E-state index in [1.807, 2.05) is 37.3 Å². The Morgan fingerprint density at radius 1 is 1.17 bits per heavy atom. The minimum absolute atomic E-state index is 0.0581. The van der Waals surface area contributed by atoms with E-state index in [1.54, 1.807) is 0 Å². The lowest BCUT2D eigenvalue weighted by molar-refractivity contribution is 0.290. The quantitative estimate of drug-likeness (QED) is 0.696. The largest absolute Gasteiger partial charge is 0.197 e. The van der Waals surface area contributed by atoms with E-state index in [2.05, 4.69) is 25.1 Å². The van der Waals surface area contributed by atoms with Gasteiger partial charge in [-0.25, -0.2) is 0 Å². The molecule has 0 radical (unpaired) electrons. The SMILES string of the molecule is CC1=C[C@@H](c2ccccc2)C(C#N)(C#N)[C@H](C)C1. The van der Waals surface area contributed by atoms with Gasteiger partial charge in [-0.15, -0.1) is 0 Å². The summed E-state index contributed by atoms with van der Waals surface area (Å²) in [4.78, 5) is 0. The molecule has 1 aromatic carbocycles. The predicted molar refractivity (Wildman–Crippen MR) is 70.4 cm³/mol. The molecule has 2 heteroatoms. The summed E-state index contributed by atoms with van der Waals surface area (Å²) in [5, 5.41) is 19.1. The Morgan fingerprint density at radius 2 is 1.78 bits per heavy atom. The third-order valence-electron chi connectivity index (χ3n) is 3.88. The van der Waals surface area contributed by atoms with Gasteiger partial charge < -0.3 is 0 Å². The van der Waals surface area contributed by atoms with Gasteiger partial charge in [0.2, 0.25) is 0 Å². The molecule has 0 fully saturated rings. The predicted octanol–water partition coefficient (Wildman–Crippen LogP) is 3.79. The summed E-state index contributed by atoms with van der Waals surface area (Å²) >= 11 is 0. The molecule has 0 unspecified atom stereocenters. The van der Waals surface area contributed by atoms with Crippen molar-refractivity contribution in [3.05, 3.63) is 47.5 Å². The van der Waals surface area contributed by atoms with Gasteiger partial charge in [0.1, 0.15) is 0 Å². The van der Waals surface area contributed by atoms with Crippen LogP contribution in [0.4, 0.5) is 0 Å². The zero-order valence-electron chi connectivity index (χ0n) is 10.7. The molecule has 0 N–H and O–H groups in total. The number of hydrogen-bond acceptors (Lipinski definition) is 2. The summed E-state index contributed by atoms with van der Waals surface area (Å²) in [6.07, 6.45) is 2.91. The van der Waals surface area contributed by atoms with Crippen molar-refractivity contribution >= 4 is 0 Å². The van der Waals surface area contributed by atoms with Crippen molar-refractivity contribution in [2.75, 3.05) is 0 Å². The first-order chi connectivity index (χ1) is 8.64. The maximum atomic E-state index is 9.53. The minimum atomic E-state index is -0.944. The maximum absolute atomic E-state index is 9.53. The summed E-state index contributed by atoms with van der Waals surface area (Å²) in [5.41, 5.74) is 1.37. The van der Waals surface area contributed by atoms with Gasteiger partial charge in [-0.1, -0.05) is 48.9 Å². The summed E-state index contributed by atoms with van der Waals surface area (Å²) in [5.74, 6) is -0.0693. The van der Waals surface area contributed by atoms with Crippen molar-refractivity contribution in [2.24, 2.45) is 11.3 Å². The average Bonchev–Trinajstić information content (AvgIpc) is 2.40. The first kappa shape index (κ1) is 12.4. The van der Waals surface area contributed by atoms with Crippen LogP contribution in [0.25, 0.3) is 0 Å². The van der Waals surface area contributed by atoms with Gasteiger partial charge >= 0.3 is 0 Å². The Morgan fingerprint density at radius 3 is 2.33 bits per heavy atom. The first-order valence-electron chi connectivity index (χ1n) is 6.19. The summed E-state index contributed by atoms with van der Waals surface area (Å²) in [7, 11) is 0. The second kappa shape index (κ2) is 4.67. The molecule has 18 heavy (non-hydrogen) atoms. The molecule has 2 rings (SSSR count). The van der Waals surface area contributed by atoms with Gasteiger partial charge in [-0.05, 0) is 24.8 Å². The van der Waals surface area contributed by atoms with Crippen LogP contribution < -0.4 is 0 Å². The number of hydrogen-bond donors (Lipinski definition) is 0. The molecule has 0 aromatic heterocycles. The number of nitrogens with zero attached hydrogens (tertiary/aromatic N) is 2. The van der Waals surface area contributed by atoms with E-state index >= 15 is 0 Å². The zero-order chi connectivity index (χ0) is 13.2. The Hall–Kier alpha value is -2.06. The second-order valence-corrected chi connectivity index (χ2v) is 5.10. The molecule has 1 aliphatic carbocycles. The molecular weight excluding hydrogens is 220 g/mol. The maximum Gasteiger partial charge on any atom is 0.156 e. The number of nitriles is 2. The smallest absolute Gasteiger partial charge is 0.156 e. The highest BCUT2D eigenvalue weighted by Crippen LogP contribution is 2.48. The monoisotopic (exact) mass is 236 g/mol. The molecule has 0 bridgehead atoms. The van der Waals surface area contributed by atoms with Crippen LogP contribution in [0.1, 0.15) is 31.7 Å². The molecule has 2 atom stereocenters. The molecule has 0 amide bonds. The minimum Gasteiger partial charge on any atom is -0.197 e. The topological polar surface area (TPSA) is 47.6 Å². The van der Waals surface area contributed by atoms with Crippen molar-refractivity contribution in [3.8, 4) is 12.1 Å². The van der Waals surface area contributed by atoms with Crippen molar-refractivity contribution in [3.63, 3.8) is 0 Å². The molecule has 0 saturated heterocycles. The Balaban J connectivity index is 2.58. The average molecular weight is 236 g/mol. The van der Waals surface area contributed by atoms with Crippen molar-refractivity contribution < 1.29 is 0 Å². The van der Waals surface area contributed by atoms with Crippen LogP contribution >= 0.6 is 0 Å². The van der Waals surface area contributed by atoms with Crippen molar-refractivity contribution in [2.45, 2.75) is 26.2 Å². The highest BCUT2D eigenvalue weighted by Gasteiger charge is 2.46.